The molecule has 0 aromatic heterocycles. The van der Waals surface area contributed by atoms with E-state index in [0.717, 1.165) is 0 Å². The molecule has 74 valence electrons. The van der Waals surface area contributed by atoms with E-state index in [2.05, 4.69) is 12.1 Å². The molecule has 0 saturated heterocycles. The van der Waals surface area contributed by atoms with Crippen molar-refractivity contribution in [2.75, 3.05) is 0 Å². The Hall–Kier alpha value is -1.15. The molecule has 0 heterocycles. The van der Waals surface area contributed by atoms with E-state index in [1.54, 1.807) is 0 Å². The molecule has 0 saturated carbocycles. The zero-order valence-corrected chi connectivity index (χ0v) is 8.42. The first-order chi connectivity index (χ1) is 6.65. The Morgan fingerprint density at radius 1 is 1.36 bits per heavy atom. The fourth-order valence-corrected chi connectivity index (χ4v) is 2.19. The molecule has 0 radical (unpaired) electrons. The lowest BCUT2D eigenvalue weighted by molar-refractivity contribution is -0.123. The summed E-state index contributed by atoms with van der Waals surface area (Å²) in [5.74, 6) is 0.175. The van der Waals surface area contributed by atoms with Gasteiger partial charge in [-0.05, 0) is 24.0 Å². The van der Waals surface area contributed by atoms with Crippen molar-refractivity contribution in [2.45, 2.75) is 31.7 Å². The number of fused-ring (bicyclic) bond motifs is 1. The second kappa shape index (κ2) is 3.21. The maximum atomic E-state index is 11.7. The van der Waals surface area contributed by atoms with Crippen molar-refractivity contribution in [1.29, 1.82) is 0 Å². The smallest absolute Gasteiger partial charge is 0.153 e. The lowest BCUT2D eigenvalue weighted by Crippen LogP contribution is -2.48. The fourth-order valence-electron chi connectivity index (χ4n) is 2.19. The number of ketones is 1. The molecule has 0 atom stereocenters. The number of hydrogen-bond acceptors (Lipinski definition) is 2. The summed E-state index contributed by atoms with van der Waals surface area (Å²) in [4.78, 5) is 11.7. The van der Waals surface area contributed by atoms with Gasteiger partial charge in [0.05, 0.1) is 5.54 Å². The molecule has 0 fully saturated rings. The third-order valence-electron chi connectivity index (χ3n) is 3.01. The van der Waals surface area contributed by atoms with E-state index < -0.39 is 5.54 Å². The molecular formula is C12H15NO. The van der Waals surface area contributed by atoms with Gasteiger partial charge in [-0.2, -0.15) is 0 Å². The summed E-state index contributed by atoms with van der Waals surface area (Å²) in [6.07, 6.45) is 1.94. The van der Waals surface area contributed by atoms with E-state index in [4.69, 9.17) is 5.73 Å². The van der Waals surface area contributed by atoms with Gasteiger partial charge in [0.1, 0.15) is 0 Å². The van der Waals surface area contributed by atoms with Gasteiger partial charge in [0.2, 0.25) is 0 Å². The topological polar surface area (TPSA) is 43.1 Å². The van der Waals surface area contributed by atoms with Gasteiger partial charge in [-0.1, -0.05) is 31.2 Å². The van der Waals surface area contributed by atoms with E-state index in [0.29, 0.717) is 19.3 Å². The second-order valence-corrected chi connectivity index (χ2v) is 4.06. The van der Waals surface area contributed by atoms with Crippen molar-refractivity contribution < 1.29 is 4.79 Å². The third kappa shape index (κ3) is 1.36. The van der Waals surface area contributed by atoms with Crippen LogP contribution in [0.5, 0.6) is 0 Å². The minimum absolute atomic E-state index is 0.175. The van der Waals surface area contributed by atoms with Gasteiger partial charge >= 0.3 is 0 Å². The number of nitrogens with two attached hydrogens (primary N) is 1. The fraction of sp³-hybridized carbons (Fsp3) is 0.417. The molecule has 1 aliphatic carbocycles. The van der Waals surface area contributed by atoms with Gasteiger partial charge in [0.25, 0.3) is 0 Å². The molecule has 2 N–H and O–H groups in total. The molecular weight excluding hydrogens is 174 g/mol. The Kier molecular flexibility index (Phi) is 2.16. The highest BCUT2D eigenvalue weighted by atomic mass is 16.1. The number of carbonyl (C=O) groups is 1. The molecule has 14 heavy (non-hydrogen) atoms. The van der Waals surface area contributed by atoms with Crippen molar-refractivity contribution >= 4 is 5.78 Å². The molecule has 1 aromatic carbocycles. The van der Waals surface area contributed by atoms with E-state index >= 15 is 0 Å². The van der Waals surface area contributed by atoms with Crippen LogP contribution in [0, 0.1) is 0 Å². The van der Waals surface area contributed by atoms with E-state index in [-0.39, 0.29) is 5.78 Å². The van der Waals surface area contributed by atoms with Crippen LogP contribution >= 0.6 is 0 Å². The van der Waals surface area contributed by atoms with E-state index in [1.807, 2.05) is 19.1 Å². The van der Waals surface area contributed by atoms with E-state index in [9.17, 15) is 4.79 Å². The predicted molar refractivity (Wildman–Crippen MR) is 56.1 cm³/mol. The summed E-state index contributed by atoms with van der Waals surface area (Å²) in [6.45, 7) is 1.87. The zero-order valence-electron chi connectivity index (χ0n) is 8.42. The number of hydrogen-bond donors (Lipinski definition) is 1. The summed E-state index contributed by atoms with van der Waals surface area (Å²) in [7, 11) is 0. The molecule has 2 rings (SSSR count). The van der Waals surface area contributed by atoms with Gasteiger partial charge < -0.3 is 5.73 Å². The first kappa shape index (κ1) is 9.41. The second-order valence-electron chi connectivity index (χ2n) is 4.06. The summed E-state index contributed by atoms with van der Waals surface area (Å²) >= 11 is 0. The normalized spacial score (nSPS) is 17.9. The van der Waals surface area contributed by atoms with E-state index in [1.165, 1.54) is 11.1 Å². The Labute approximate surface area is 84.1 Å². The molecule has 0 unspecified atom stereocenters. The van der Waals surface area contributed by atoms with Crippen LogP contribution in [-0.2, 0) is 17.6 Å². The minimum atomic E-state index is -0.627. The number of benzene rings is 1. The van der Waals surface area contributed by atoms with Gasteiger partial charge in [-0.3, -0.25) is 4.79 Å². The van der Waals surface area contributed by atoms with Gasteiger partial charge in [0, 0.05) is 6.42 Å². The van der Waals surface area contributed by atoms with Crippen molar-refractivity contribution in [3.63, 3.8) is 0 Å². The highest BCUT2D eigenvalue weighted by molar-refractivity contribution is 5.89. The third-order valence-corrected chi connectivity index (χ3v) is 3.01. The van der Waals surface area contributed by atoms with Crippen LogP contribution in [0.25, 0.3) is 0 Å². The molecule has 0 spiro atoms. The maximum Gasteiger partial charge on any atom is 0.153 e. The number of Topliss-reactive ketones (excluding diaryl/α,β-unsaturated/α-hetero) is 1. The summed E-state index contributed by atoms with van der Waals surface area (Å²) < 4.78 is 0. The van der Waals surface area contributed by atoms with Crippen molar-refractivity contribution in [1.82, 2.24) is 0 Å². The SMILES string of the molecule is CCC(=O)C1(N)Cc2ccccc2C1. The molecule has 2 heteroatoms. The predicted octanol–water partition coefficient (Wildman–Crippen LogP) is 1.46. The van der Waals surface area contributed by atoms with Crippen LogP contribution in [-0.4, -0.2) is 11.3 Å². The summed E-state index contributed by atoms with van der Waals surface area (Å²) in [5.41, 5.74) is 7.95. The quantitative estimate of drug-likeness (QED) is 0.765. The van der Waals surface area contributed by atoms with Gasteiger partial charge in [-0.15, -0.1) is 0 Å². The molecule has 0 amide bonds. The molecule has 2 nitrogen and oxygen atoms in total. The average molecular weight is 189 g/mol. The number of rotatable bonds is 2. The van der Waals surface area contributed by atoms with Gasteiger partial charge in [-0.25, -0.2) is 0 Å². The van der Waals surface area contributed by atoms with Crippen molar-refractivity contribution in [3.05, 3.63) is 35.4 Å². The van der Waals surface area contributed by atoms with Crippen LogP contribution in [0.3, 0.4) is 0 Å². The Morgan fingerprint density at radius 3 is 2.29 bits per heavy atom. The highest BCUT2D eigenvalue weighted by Crippen LogP contribution is 2.29. The minimum Gasteiger partial charge on any atom is -0.318 e. The summed E-state index contributed by atoms with van der Waals surface area (Å²) in [6, 6.07) is 8.13. The van der Waals surface area contributed by atoms with Crippen LogP contribution in [0.2, 0.25) is 0 Å². The molecule has 0 bridgehead atoms. The largest absolute Gasteiger partial charge is 0.318 e. The first-order valence-corrected chi connectivity index (χ1v) is 5.05. The highest BCUT2D eigenvalue weighted by Gasteiger charge is 2.38. The van der Waals surface area contributed by atoms with Crippen molar-refractivity contribution in [3.8, 4) is 0 Å². The van der Waals surface area contributed by atoms with Crippen LogP contribution < -0.4 is 5.73 Å². The Morgan fingerprint density at radius 2 is 1.86 bits per heavy atom. The monoisotopic (exact) mass is 189 g/mol. The average Bonchev–Trinajstić information content (AvgIpc) is 2.54. The first-order valence-electron chi connectivity index (χ1n) is 5.05. The van der Waals surface area contributed by atoms with Gasteiger partial charge in [0.15, 0.2) is 5.78 Å². The maximum absolute atomic E-state index is 11.7. The van der Waals surface area contributed by atoms with Crippen molar-refractivity contribution in [2.24, 2.45) is 5.73 Å². The molecule has 1 aromatic rings. The standard InChI is InChI=1S/C12H15NO/c1-2-11(14)12(13)7-9-5-3-4-6-10(9)8-12/h3-6H,2,7-8,13H2,1H3. The summed E-state index contributed by atoms with van der Waals surface area (Å²) in [5, 5.41) is 0. The van der Waals surface area contributed by atoms with Crippen LogP contribution in [0.4, 0.5) is 0 Å². The number of carbonyl (C=O) groups excluding carboxylic acids is 1. The van der Waals surface area contributed by atoms with Crippen LogP contribution in [0.15, 0.2) is 24.3 Å². The van der Waals surface area contributed by atoms with Crippen LogP contribution in [0.1, 0.15) is 24.5 Å². The lowest BCUT2D eigenvalue weighted by atomic mass is 9.90. The molecule has 1 aliphatic rings. The Bertz CT molecular complexity index is 345. The Balaban J connectivity index is 2.30. The molecule has 0 aliphatic heterocycles. The zero-order chi connectivity index (χ0) is 10.2. The lowest BCUT2D eigenvalue weighted by Gasteiger charge is -2.20.